The van der Waals surface area contributed by atoms with Crippen molar-refractivity contribution in [3.8, 4) is 11.5 Å². The molecule has 1 rings (SSSR count). The number of aliphatic hydroxyl groups excluding tert-OH is 1. The van der Waals surface area contributed by atoms with Crippen molar-refractivity contribution in [1.82, 2.24) is 0 Å². The van der Waals surface area contributed by atoms with Gasteiger partial charge in [0.25, 0.3) is 0 Å². The number of ether oxygens (including phenoxy) is 1. The molecule has 0 heterocycles. The second-order valence-corrected chi connectivity index (χ2v) is 4.39. The summed E-state index contributed by atoms with van der Waals surface area (Å²) < 4.78 is 5.58. The number of phenols is 1. The van der Waals surface area contributed by atoms with E-state index in [0.717, 1.165) is 12.8 Å². The smallest absolute Gasteiger partial charge is 0.155 e. The molecular formula is C14H22O4. The molecule has 0 bridgehead atoms. The zero-order valence-corrected chi connectivity index (χ0v) is 10.8. The molecule has 0 radical (unpaired) electrons. The summed E-state index contributed by atoms with van der Waals surface area (Å²) in [7, 11) is 0. The first-order valence-corrected chi connectivity index (χ1v) is 6.44. The summed E-state index contributed by atoms with van der Waals surface area (Å²) in [5.74, 6) is 0.648. The SMILES string of the molecule is CCCCCCOc1cc(O)ccc1CC(O)O. The maximum absolute atomic E-state index is 9.41. The molecule has 0 amide bonds. The van der Waals surface area contributed by atoms with Gasteiger partial charge in [0.1, 0.15) is 11.5 Å². The number of phenolic OH excluding ortho intramolecular Hbond substituents is 1. The van der Waals surface area contributed by atoms with Gasteiger partial charge in [-0.05, 0) is 18.1 Å². The first-order valence-electron chi connectivity index (χ1n) is 6.44. The molecule has 1 aromatic carbocycles. The highest BCUT2D eigenvalue weighted by molar-refractivity contribution is 5.40. The molecule has 0 saturated carbocycles. The van der Waals surface area contributed by atoms with Crippen LogP contribution in [0, 0.1) is 0 Å². The van der Waals surface area contributed by atoms with Crippen molar-refractivity contribution >= 4 is 0 Å². The second-order valence-electron chi connectivity index (χ2n) is 4.39. The lowest BCUT2D eigenvalue weighted by molar-refractivity contribution is -0.0385. The Morgan fingerprint density at radius 1 is 1.17 bits per heavy atom. The summed E-state index contributed by atoms with van der Waals surface area (Å²) in [6, 6.07) is 4.68. The Kier molecular flexibility index (Phi) is 6.54. The summed E-state index contributed by atoms with van der Waals surface area (Å²) in [5, 5.41) is 27.4. The average Bonchev–Trinajstić information content (AvgIpc) is 2.31. The van der Waals surface area contributed by atoms with Crippen LogP contribution >= 0.6 is 0 Å². The summed E-state index contributed by atoms with van der Waals surface area (Å²) in [5.41, 5.74) is 0.693. The van der Waals surface area contributed by atoms with Crippen LogP contribution < -0.4 is 4.74 Å². The molecular weight excluding hydrogens is 232 g/mol. The van der Waals surface area contributed by atoms with Crippen LogP contribution in [0.5, 0.6) is 11.5 Å². The van der Waals surface area contributed by atoms with Crippen molar-refractivity contribution in [2.24, 2.45) is 0 Å². The minimum Gasteiger partial charge on any atom is -0.508 e. The van der Waals surface area contributed by atoms with Crippen molar-refractivity contribution in [2.45, 2.75) is 45.3 Å². The lowest BCUT2D eigenvalue weighted by Gasteiger charge is -2.12. The van der Waals surface area contributed by atoms with Gasteiger partial charge in [0, 0.05) is 12.5 Å². The number of hydrogen-bond donors (Lipinski definition) is 3. The maximum Gasteiger partial charge on any atom is 0.155 e. The number of unbranched alkanes of at least 4 members (excludes halogenated alkanes) is 3. The average molecular weight is 254 g/mol. The zero-order valence-electron chi connectivity index (χ0n) is 10.8. The summed E-state index contributed by atoms with van der Waals surface area (Å²) in [6.45, 7) is 2.73. The Morgan fingerprint density at radius 3 is 2.61 bits per heavy atom. The molecule has 0 saturated heterocycles. The minimum atomic E-state index is -1.41. The standard InChI is InChI=1S/C14H22O4/c1-2-3-4-5-8-18-13-10-12(15)7-6-11(13)9-14(16)17/h6-7,10,14-17H,2-5,8-9H2,1H3. The van der Waals surface area contributed by atoms with Crippen LogP contribution in [-0.4, -0.2) is 28.2 Å². The summed E-state index contributed by atoms with van der Waals surface area (Å²) in [6.07, 6.45) is 3.14. The van der Waals surface area contributed by atoms with Gasteiger partial charge in [0.2, 0.25) is 0 Å². The first kappa shape index (κ1) is 14.8. The van der Waals surface area contributed by atoms with Crippen LogP contribution in [0.4, 0.5) is 0 Å². The van der Waals surface area contributed by atoms with E-state index in [0.29, 0.717) is 17.9 Å². The largest absolute Gasteiger partial charge is 0.508 e. The van der Waals surface area contributed by atoms with E-state index >= 15 is 0 Å². The van der Waals surface area contributed by atoms with E-state index in [1.165, 1.54) is 25.0 Å². The molecule has 0 aromatic heterocycles. The van der Waals surface area contributed by atoms with Gasteiger partial charge in [-0.25, -0.2) is 0 Å². The van der Waals surface area contributed by atoms with Crippen LogP contribution in [0.15, 0.2) is 18.2 Å². The van der Waals surface area contributed by atoms with Crippen LogP contribution in [0.25, 0.3) is 0 Å². The molecule has 18 heavy (non-hydrogen) atoms. The van der Waals surface area contributed by atoms with E-state index in [4.69, 9.17) is 14.9 Å². The molecule has 0 aliphatic heterocycles. The predicted molar refractivity (Wildman–Crippen MR) is 69.7 cm³/mol. The topological polar surface area (TPSA) is 69.9 Å². The normalized spacial score (nSPS) is 10.9. The Bertz CT molecular complexity index is 350. The van der Waals surface area contributed by atoms with E-state index in [1.807, 2.05) is 0 Å². The Hall–Kier alpha value is -1.26. The quantitative estimate of drug-likeness (QED) is 0.491. The summed E-state index contributed by atoms with van der Waals surface area (Å²) >= 11 is 0. The van der Waals surface area contributed by atoms with Crippen molar-refractivity contribution in [3.05, 3.63) is 23.8 Å². The van der Waals surface area contributed by atoms with Gasteiger partial charge < -0.3 is 20.1 Å². The van der Waals surface area contributed by atoms with Crippen LogP contribution in [-0.2, 0) is 6.42 Å². The van der Waals surface area contributed by atoms with Gasteiger partial charge in [-0.3, -0.25) is 0 Å². The van der Waals surface area contributed by atoms with Crippen molar-refractivity contribution in [1.29, 1.82) is 0 Å². The van der Waals surface area contributed by atoms with Gasteiger partial charge >= 0.3 is 0 Å². The number of hydrogen-bond acceptors (Lipinski definition) is 4. The van der Waals surface area contributed by atoms with Crippen molar-refractivity contribution < 1.29 is 20.1 Å². The predicted octanol–water partition coefficient (Wildman–Crippen LogP) is 2.20. The van der Waals surface area contributed by atoms with Gasteiger partial charge in [0.05, 0.1) is 6.61 Å². The highest BCUT2D eigenvalue weighted by Crippen LogP contribution is 2.25. The van der Waals surface area contributed by atoms with E-state index in [-0.39, 0.29) is 12.2 Å². The summed E-state index contributed by atoms with van der Waals surface area (Å²) in [4.78, 5) is 0. The van der Waals surface area contributed by atoms with Gasteiger partial charge in [-0.15, -0.1) is 0 Å². The van der Waals surface area contributed by atoms with Crippen molar-refractivity contribution in [3.63, 3.8) is 0 Å². The Balaban J connectivity index is 2.53. The molecule has 0 atom stereocenters. The molecule has 0 aliphatic rings. The van der Waals surface area contributed by atoms with E-state index in [1.54, 1.807) is 6.07 Å². The molecule has 4 nitrogen and oxygen atoms in total. The fraction of sp³-hybridized carbons (Fsp3) is 0.571. The number of aromatic hydroxyl groups is 1. The molecule has 0 fully saturated rings. The minimum absolute atomic E-state index is 0.102. The first-order chi connectivity index (χ1) is 8.63. The number of benzene rings is 1. The third-order valence-electron chi connectivity index (χ3n) is 2.71. The third kappa shape index (κ3) is 5.38. The van der Waals surface area contributed by atoms with E-state index in [9.17, 15) is 5.11 Å². The third-order valence-corrected chi connectivity index (χ3v) is 2.71. The highest BCUT2D eigenvalue weighted by Gasteiger charge is 2.08. The highest BCUT2D eigenvalue weighted by atomic mass is 16.5. The molecule has 3 N–H and O–H groups in total. The molecule has 0 spiro atoms. The lowest BCUT2D eigenvalue weighted by atomic mass is 10.1. The van der Waals surface area contributed by atoms with Crippen LogP contribution in [0.2, 0.25) is 0 Å². The number of rotatable bonds is 8. The van der Waals surface area contributed by atoms with Crippen LogP contribution in [0.1, 0.15) is 38.2 Å². The lowest BCUT2D eigenvalue weighted by Crippen LogP contribution is -2.10. The van der Waals surface area contributed by atoms with Crippen LogP contribution in [0.3, 0.4) is 0 Å². The molecule has 0 unspecified atom stereocenters. The zero-order chi connectivity index (χ0) is 13.4. The molecule has 102 valence electrons. The number of aliphatic hydroxyl groups is 2. The maximum atomic E-state index is 9.41. The van der Waals surface area contributed by atoms with Gasteiger partial charge in [-0.1, -0.05) is 32.3 Å². The van der Waals surface area contributed by atoms with Gasteiger partial charge in [0.15, 0.2) is 6.29 Å². The second kappa shape index (κ2) is 7.95. The van der Waals surface area contributed by atoms with E-state index < -0.39 is 6.29 Å². The fourth-order valence-electron chi connectivity index (χ4n) is 1.75. The fourth-order valence-corrected chi connectivity index (χ4v) is 1.75. The van der Waals surface area contributed by atoms with E-state index in [2.05, 4.69) is 6.92 Å². The molecule has 4 heteroatoms. The molecule has 0 aliphatic carbocycles. The van der Waals surface area contributed by atoms with Crippen molar-refractivity contribution in [2.75, 3.05) is 6.61 Å². The molecule has 1 aromatic rings. The monoisotopic (exact) mass is 254 g/mol. The Labute approximate surface area is 108 Å². The van der Waals surface area contributed by atoms with Gasteiger partial charge in [-0.2, -0.15) is 0 Å². The Morgan fingerprint density at radius 2 is 1.94 bits per heavy atom.